The maximum Gasteiger partial charge on any atom is 0.126 e. The van der Waals surface area contributed by atoms with E-state index in [1.54, 1.807) is 0 Å². The molecule has 14 heavy (non-hydrogen) atoms. The molecule has 0 aromatic carbocycles. The summed E-state index contributed by atoms with van der Waals surface area (Å²) in [7, 11) is -1.55. The Balaban J connectivity index is 4.70. The first kappa shape index (κ1) is 13.7. The minimum Gasteiger partial charge on any atom is -0.323 e. The van der Waals surface area contributed by atoms with Crippen molar-refractivity contribution in [1.82, 2.24) is 4.98 Å². The monoisotopic (exact) mass is 212 g/mol. The lowest BCUT2D eigenvalue weighted by atomic mass is 9.99. The summed E-state index contributed by atoms with van der Waals surface area (Å²) in [6.07, 6.45) is 0. The highest BCUT2D eigenvalue weighted by Crippen LogP contribution is 2.42. The van der Waals surface area contributed by atoms with Crippen LogP contribution in [0.15, 0.2) is 0 Å². The number of nitriles is 1. The summed E-state index contributed by atoms with van der Waals surface area (Å²) >= 11 is 0. The zero-order valence-electron chi connectivity index (χ0n) is 10.6. The van der Waals surface area contributed by atoms with Crippen molar-refractivity contribution in [1.29, 1.82) is 5.26 Å². The standard InChI is InChI=1S/C11H24N2Si/c1-9(2)11(4,5)14(6,7)13-10(3)8-12/h9-10,13H,1-7H3. The first-order chi connectivity index (χ1) is 6.15. The van der Waals surface area contributed by atoms with E-state index in [1.165, 1.54) is 0 Å². The third kappa shape index (κ3) is 2.83. The van der Waals surface area contributed by atoms with Gasteiger partial charge in [-0.2, -0.15) is 5.26 Å². The van der Waals surface area contributed by atoms with Crippen molar-refractivity contribution in [2.45, 2.75) is 58.8 Å². The third-order valence-electron chi connectivity index (χ3n) is 3.83. The maximum atomic E-state index is 8.81. The van der Waals surface area contributed by atoms with E-state index in [9.17, 15) is 0 Å². The van der Waals surface area contributed by atoms with Crippen molar-refractivity contribution in [3.8, 4) is 6.07 Å². The number of hydrogen-bond donors (Lipinski definition) is 1. The molecule has 1 unspecified atom stereocenters. The van der Waals surface area contributed by atoms with Gasteiger partial charge in [0.2, 0.25) is 0 Å². The van der Waals surface area contributed by atoms with Crippen molar-refractivity contribution >= 4 is 8.24 Å². The highest BCUT2D eigenvalue weighted by atomic mass is 28.3. The van der Waals surface area contributed by atoms with Crippen LogP contribution in [0.5, 0.6) is 0 Å². The average molecular weight is 212 g/mol. The normalized spacial score (nSPS) is 15.4. The minimum absolute atomic E-state index is 0.0327. The molecule has 0 aromatic heterocycles. The Kier molecular flexibility index (Phi) is 4.35. The molecule has 3 heteroatoms. The molecule has 0 radical (unpaired) electrons. The van der Waals surface area contributed by atoms with Crippen LogP contribution in [0.25, 0.3) is 0 Å². The molecule has 0 rings (SSSR count). The van der Waals surface area contributed by atoms with Crippen LogP contribution in [0.2, 0.25) is 18.1 Å². The molecule has 0 aromatic rings. The van der Waals surface area contributed by atoms with Crippen LogP contribution in [-0.4, -0.2) is 14.3 Å². The topological polar surface area (TPSA) is 35.8 Å². The zero-order chi connectivity index (χ0) is 11.6. The van der Waals surface area contributed by atoms with Crippen molar-refractivity contribution in [3.63, 3.8) is 0 Å². The van der Waals surface area contributed by atoms with Crippen molar-refractivity contribution in [2.75, 3.05) is 0 Å². The third-order valence-corrected chi connectivity index (χ3v) is 8.78. The van der Waals surface area contributed by atoms with Gasteiger partial charge in [0.05, 0.1) is 12.1 Å². The number of hydrogen-bond acceptors (Lipinski definition) is 2. The summed E-state index contributed by atoms with van der Waals surface area (Å²) in [5.74, 6) is 0.641. The first-order valence-corrected chi connectivity index (χ1v) is 8.32. The van der Waals surface area contributed by atoms with Crippen LogP contribution in [0.1, 0.15) is 34.6 Å². The Morgan fingerprint density at radius 2 is 1.64 bits per heavy atom. The molecular weight excluding hydrogens is 188 g/mol. The molecule has 0 aliphatic carbocycles. The van der Waals surface area contributed by atoms with E-state index in [0.29, 0.717) is 11.0 Å². The fraction of sp³-hybridized carbons (Fsp3) is 0.909. The summed E-state index contributed by atoms with van der Waals surface area (Å²) in [4.78, 5) is 3.51. The first-order valence-electron chi connectivity index (χ1n) is 5.32. The molecule has 0 spiro atoms. The Morgan fingerprint density at radius 1 is 1.21 bits per heavy atom. The van der Waals surface area contributed by atoms with Gasteiger partial charge in [0.1, 0.15) is 8.24 Å². The average Bonchev–Trinajstić information content (AvgIpc) is 2.02. The highest BCUT2D eigenvalue weighted by Gasteiger charge is 2.42. The van der Waals surface area contributed by atoms with Gasteiger partial charge in [-0.1, -0.05) is 40.8 Å². The van der Waals surface area contributed by atoms with Crippen LogP contribution < -0.4 is 4.98 Å². The van der Waals surface area contributed by atoms with E-state index in [-0.39, 0.29) is 6.04 Å². The Labute approximate surface area is 89.8 Å². The lowest BCUT2D eigenvalue weighted by Crippen LogP contribution is -2.57. The Hall–Kier alpha value is -0.333. The lowest BCUT2D eigenvalue weighted by Gasteiger charge is -2.44. The SMILES string of the molecule is CC(C#N)N[Si](C)(C)C(C)(C)C(C)C. The highest BCUT2D eigenvalue weighted by molar-refractivity contribution is 6.78. The van der Waals surface area contributed by atoms with E-state index in [2.05, 4.69) is 51.8 Å². The quantitative estimate of drug-likeness (QED) is 0.727. The molecule has 0 saturated heterocycles. The van der Waals surface area contributed by atoms with Crippen LogP contribution in [-0.2, 0) is 0 Å². The number of nitrogens with one attached hydrogen (secondary N) is 1. The second-order valence-electron chi connectivity index (χ2n) is 5.50. The Bertz CT molecular complexity index is 226. The predicted octanol–water partition coefficient (Wildman–Crippen LogP) is 3.13. The van der Waals surface area contributed by atoms with E-state index >= 15 is 0 Å². The Morgan fingerprint density at radius 3 is 1.93 bits per heavy atom. The molecule has 1 N–H and O–H groups in total. The van der Waals surface area contributed by atoms with Gasteiger partial charge in [0.15, 0.2) is 0 Å². The smallest absolute Gasteiger partial charge is 0.126 e. The number of rotatable bonds is 4. The summed E-state index contributed by atoms with van der Waals surface area (Å²) in [6, 6.07) is 2.22. The summed E-state index contributed by atoms with van der Waals surface area (Å²) in [5, 5.41) is 9.12. The molecule has 0 bridgehead atoms. The molecule has 0 aliphatic rings. The van der Waals surface area contributed by atoms with Gasteiger partial charge < -0.3 is 4.98 Å². The van der Waals surface area contributed by atoms with E-state index in [1.807, 2.05) is 6.92 Å². The molecule has 0 amide bonds. The van der Waals surface area contributed by atoms with Crippen molar-refractivity contribution in [2.24, 2.45) is 5.92 Å². The fourth-order valence-electron chi connectivity index (χ4n) is 1.48. The van der Waals surface area contributed by atoms with E-state index < -0.39 is 8.24 Å². The van der Waals surface area contributed by atoms with Crippen LogP contribution in [0.3, 0.4) is 0 Å². The van der Waals surface area contributed by atoms with Crippen LogP contribution in [0.4, 0.5) is 0 Å². The van der Waals surface area contributed by atoms with Gasteiger partial charge in [0.25, 0.3) is 0 Å². The molecule has 82 valence electrons. The molecule has 0 saturated carbocycles. The van der Waals surface area contributed by atoms with Crippen molar-refractivity contribution < 1.29 is 0 Å². The second kappa shape index (κ2) is 4.46. The molecule has 2 nitrogen and oxygen atoms in total. The van der Waals surface area contributed by atoms with Crippen LogP contribution in [0, 0.1) is 17.2 Å². The minimum atomic E-state index is -1.55. The van der Waals surface area contributed by atoms with Gasteiger partial charge in [-0.3, -0.25) is 0 Å². The summed E-state index contributed by atoms with van der Waals surface area (Å²) in [6.45, 7) is 15.7. The van der Waals surface area contributed by atoms with Gasteiger partial charge in [-0.15, -0.1) is 0 Å². The molecule has 0 aliphatic heterocycles. The number of nitrogens with zero attached hydrogens (tertiary/aromatic N) is 1. The van der Waals surface area contributed by atoms with Crippen LogP contribution >= 0.6 is 0 Å². The molecule has 1 atom stereocenters. The molecule has 0 heterocycles. The lowest BCUT2D eigenvalue weighted by molar-refractivity contribution is 0.447. The van der Waals surface area contributed by atoms with Crippen molar-refractivity contribution in [3.05, 3.63) is 0 Å². The fourth-order valence-corrected chi connectivity index (χ4v) is 4.44. The second-order valence-corrected chi connectivity index (χ2v) is 10.3. The predicted molar refractivity (Wildman–Crippen MR) is 64.6 cm³/mol. The van der Waals surface area contributed by atoms with Gasteiger partial charge in [-0.25, -0.2) is 0 Å². The van der Waals surface area contributed by atoms with Gasteiger partial charge >= 0.3 is 0 Å². The van der Waals surface area contributed by atoms with E-state index in [4.69, 9.17) is 5.26 Å². The van der Waals surface area contributed by atoms with Gasteiger partial charge in [-0.05, 0) is 17.9 Å². The largest absolute Gasteiger partial charge is 0.323 e. The maximum absolute atomic E-state index is 8.81. The summed E-state index contributed by atoms with van der Waals surface area (Å²) in [5.41, 5.74) is 0. The molecule has 0 fully saturated rings. The van der Waals surface area contributed by atoms with E-state index in [0.717, 1.165) is 0 Å². The molecular formula is C11H24N2Si. The van der Waals surface area contributed by atoms with Gasteiger partial charge in [0, 0.05) is 0 Å². The zero-order valence-corrected chi connectivity index (χ0v) is 11.6. The summed E-state index contributed by atoms with van der Waals surface area (Å²) < 4.78 is 0.